The quantitative estimate of drug-likeness (QED) is 0.251. The summed E-state index contributed by atoms with van der Waals surface area (Å²) >= 11 is 0. The average Bonchev–Trinajstić information content (AvgIpc) is 2.70. The van der Waals surface area contributed by atoms with Crippen molar-refractivity contribution in [1.29, 1.82) is 0 Å². The fraction of sp³-hybridized carbons (Fsp3) is 0.778. The van der Waals surface area contributed by atoms with Crippen LogP contribution in [-0.4, -0.2) is 0 Å². The second-order valence-corrected chi connectivity index (χ2v) is 9.06. The zero-order valence-corrected chi connectivity index (χ0v) is 19.6. The molecule has 1 aromatic rings. The van der Waals surface area contributed by atoms with Crippen molar-refractivity contribution in [2.24, 2.45) is 0 Å². The summed E-state index contributed by atoms with van der Waals surface area (Å²) in [6.07, 6.45) is 17.6. The summed E-state index contributed by atoms with van der Waals surface area (Å²) in [7, 11) is 0. The highest BCUT2D eigenvalue weighted by atomic mass is 16.3. The van der Waals surface area contributed by atoms with Gasteiger partial charge in [0.25, 0.3) is 0 Å². The van der Waals surface area contributed by atoms with Crippen molar-refractivity contribution in [3.63, 3.8) is 0 Å². The minimum Gasteiger partial charge on any atom is -0.289 e. The molecule has 0 amide bonds. The van der Waals surface area contributed by atoms with Crippen LogP contribution in [0.1, 0.15) is 147 Å². The molecule has 28 heavy (non-hydrogen) atoms. The van der Waals surface area contributed by atoms with E-state index in [9.17, 15) is 5.11 Å². The van der Waals surface area contributed by atoms with Gasteiger partial charge in [0, 0.05) is 11.1 Å². The van der Waals surface area contributed by atoms with Crippen LogP contribution in [0.15, 0.2) is 12.1 Å². The van der Waals surface area contributed by atoms with Crippen LogP contribution >= 0.6 is 0 Å². The highest BCUT2D eigenvalue weighted by molar-refractivity contribution is 5.47. The predicted molar refractivity (Wildman–Crippen MR) is 124 cm³/mol. The largest absolute Gasteiger partial charge is 0.289 e. The van der Waals surface area contributed by atoms with E-state index in [1.165, 1.54) is 76.2 Å². The van der Waals surface area contributed by atoms with Crippen LogP contribution in [-0.2, 0) is 11.5 Å². The summed E-state index contributed by atoms with van der Waals surface area (Å²) in [5.74, 6) is 1.12. The van der Waals surface area contributed by atoms with E-state index in [-0.39, 0.29) is 0 Å². The SMILES string of the molecule is CCCCCCCCCc1cc(C(C)CCCC)c([O])c(C(C)CCCC)c1. The minimum atomic E-state index is 0.343. The topological polar surface area (TPSA) is 19.9 Å². The van der Waals surface area contributed by atoms with Crippen LogP contribution in [0.3, 0.4) is 0 Å². The number of benzene rings is 1. The van der Waals surface area contributed by atoms with Crippen molar-refractivity contribution < 1.29 is 5.11 Å². The van der Waals surface area contributed by atoms with Crippen LogP contribution in [0.4, 0.5) is 0 Å². The summed E-state index contributed by atoms with van der Waals surface area (Å²) in [5, 5.41) is 13.2. The Kier molecular flexibility index (Phi) is 13.4. The fourth-order valence-corrected chi connectivity index (χ4v) is 4.23. The zero-order chi connectivity index (χ0) is 20.8. The summed E-state index contributed by atoms with van der Waals surface area (Å²) in [4.78, 5) is 0. The summed E-state index contributed by atoms with van der Waals surface area (Å²) < 4.78 is 0. The Bertz CT molecular complexity index is 484. The molecule has 1 heteroatoms. The summed E-state index contributed by atoms with van der Waals surface area (Å²) in [5.41, 5.74) is 3.59. The number of hydrogen-bond acceptors (Lipinski definition) is 0. The summed E-state index contributed by atoms with van der Waals surface area (Å²) in [6.45, 7) is 11.3. The first-order valence-electron chi connectivity index (χ1n) is 12.4. The smallest absolute Gasteiger partial charge is 0.185 e. The Labute approximate surface area is 176 Å². The predicted octanol–water partition coefficient (Wildman–Crippen LogP) is 9.71. The zero-order valence-electron chi connectivity index (χ0n) is 19.6. The molecule has 2 unspecified atom stereocenters. The standard InChI is InChI=1S/C27H47O/c1-6-9-12-13-14-15-16-19-24-20-25(22(4)17-10-7-2)27(28)26(21-24)23(5)18-11-8-3/h20-23H,6-19H2,1-5H3. The van der Waals surface area contributed by atoms with Gasteiger partial charge in [0.1, 0.15) is 0 Å². The van der Waals surface area contributed by atoms with Crippen molar-refractivity contribution in [3.05, 3.63) is 28.8 Å². The summed E-state index contributed by atoms with van der Waals surface area (Å²) in [6, 6.07) is 4.52. The lowest BCUT2D eigenvalue weighted by Crippen LogP contribution is -2.02. The van der Waals surface area contributed by atoms with Crippen molar-refractivity contribution in [3.8, 4) is 5.75 Å². The van der Waals surface area contributed by atoms with E-state index in [1.807, 2.05) is 0 Å². The number of aryl methyl sites for hydroxylation is 1. The Hall–Kier alpha value is -0.980. The molecule has 0 aliphatic rings. The van der Waals surface area contributed by atoms with Gasteiger partial charge in [-0.1, -0.05) is 111 Å². The van der Waals surface area contributed by atoms with Gasteiger partial charge in [-0.05, 0) is 43.1 Å². The Balaban J connectivity index is 2.83. The molecule has 0 aliphatic heterocycles. The molecular weight excluding hydrogens is 340 g/mol. The first kappa shape index (κ1) is 25.1. The van der Waals surface area contributed by atoms with Gasteiger partial charge in [-0.25, -0.2) is 0 Å². The maximum absolute atomic E-state index is 13.2. The van der Waals surface area contributed by atoms with Gasteiger partial charge < -0.3 is 0 Å². The number of hydrogen-bond donors (Lipinski definition) is 0. The molecule has 0 N–H and O–H groups in total. The van der Waals surface area contributed by atoms with Crippen molar-refractivity contribution in [2.45, 2.75) is 136 Å². The monoisotopic (exact) mass is 387 g/mol. The first-order valence-corrected chi connectivity index (χ1v) is 12.4. The molecule has 161 valence electrons. The molecule has 0 spiro atoms. The van der Waals surface area contributed by atoms with Crippen molar-refractivity contribution >= 4 is 0 Å². The fourth-order valence-electron chi connectivity index (χ4n) is 4.23. The van der Waals surface area contributed by atoms with E-state index in [0.29, 0.717) is 17.6 Å². The highest BCUT2D eigenvalue weighted by Crippen LogP contribution is 2.39. The molecule has 0 aliphatic carbocycles. The van der Waals surface area contributed by atoms with Gasteiger partial charge in [0.15, 0.2) is 5.75 Å². The highest BCUT2D eigenvalue weighted by Gasteiger charge is 2.20. The van der Waals surface area contributed by atoms with E-state index in [1.54, 1.807) is 0 Å². The van der Waals surface area contributed by atoms with Gasteiger partial charge in [-0.2, -0.15) is 0 Å². The molecular formula is C27H47O. The van der Waals surface area contributed by atoms with Gasteiger partial charge in [0.05, 0.1) is 0 Å². The van der Waals surface area contributed by atoms with Gasteiger partial charge in [-0.15, -0.1) is 0 Å². The second-order valence-electron chi connectivity index (χ2n) is 9.06. The molecule has 2 atom stereocenters. The van der Waals surface area contributed by atoms with Crippen LogP contribution in [0.5, 0.6) is 5.75 Å². The molecule has 0 bridgehead atoms. The van der Waals surface area contributed by atoms with Crippen LogP contribution in [0.25, 0.3) is 0 Å². The molecule has 1 radical (unpaired) electrons. The van der Waals surface area contributed by atoms with Crippen molar-refractivity contribution in [1.82, 2.24) is 0 Å². The molecule has 1 nitrogen and oxygen atoms in total. The second kappa shape index (κ2) is 14.9. The maximum atomic E-state index is 13.2. The van der Waals surface area contributed by atoms with Crippen LogP contribution < -0.4 is 0 Å². The Morgan fingerprint density at radius 3 is 1.54 bits per heavy atom. The normalized spacial score (nSPS) is 13.6. The van der Waals surface area contributed by atoms with Crippen LogP contribution in [0.2, 0.25) is 0 Å². The van der Waals surface area contributed by atoms with E-state index in [4.69, 9.17) is 0 Å². The molecule has 0 heterocycles. The van der Waals surface area contributed by atoms with E-state index < -0.39 is 0 Å². The number of unbranched alkanes of at least 4 members (excludes halogenated alkanes) is 8. The van der Waals surface area contributed by atoms with E-state index in [0.717, 1.165) is 30.4 Å². The third kappa shape index (κ3) is 9.01. The van der Waals surface area contributed by atoms with Crippen LogP contribution in [0, 0.1) is 0 Å². The average molecular weight is 388 g/mol. The maximum Gasteiger partial charge on any atom is 0.185 e. The van der Waals surface area contributed by atoms with Crippen molar-refractivity contribution in [2.75, 3.05) is 0 Å². The molecule has 0 saturated heterocycles. The molecule has 1 rings (SSSR count). The lowest BCUT2D eigenvalue weighted by molar-refractivity contribution is 0.337. The van der Waals surface area contributed by atoms with Gasteiger partial charge >= 0.3 is 0 Å². The van der Waals surface area contributed by atoms with Gasteiger partial charge in [0.2, 0.25) is 0 Å². The molecule has 0 fully saturated rings. The third-order valence-corrected chi connectivity index (χ3v) is 6.32. The van der Waals surface area contributed by atoms with E-state index in [2.05, 4.69) is 46.8 Å². The molecule has 1 aromatic carbocycles. The lowest BCUT2D eigenvalue weighted by Gasteiger charge is -2.20. The molecule has 0 aromatic heterocycles. The Morgan fingerprint density at radius 2 is 1.07 bits per heavy atom. The first-order chi connectivity index (χ1) is 13.5. The third-order valence-electron chi connectivity index (χ3n) is 6.32. The number of rotatable bonds is 16. The lowest BCUT2D eigenvalue weighted by atomic mass is 9.85. The van der Waals surface area contributed by atoms with E-state index >= 15 is 0 Å². The Morgan fingerprint density at radius 1 is 0.643 bits per heavy atom. The van der Waals surface area contributed by atoms with Gasteiger partial charge in [-0.3, -0.25) is 5.11 Å². The minimum absolute atomic E-state index is 0.343. The molecule has 0 saturated carbocycles.